The van der Waals surface area contributed by atoms with Crippen LogP contribution in [0.4, 0.5) is 0 Å². The number of methoxy groups -OCH3 is 4. The minimum Gasteiger partial charge on any atom is -0.496 e. The van der Waals surface area contributed by atoms with Crippen molar-refractivity contribution in [1.82, 2.24) is 29.3 Å². The molecule has 6 aromatic rings. The van der Waals surface area contributed by atoms with Crippen molar-refractivity contribution in [2.24, 2.45) is 7.05 Å². The molecule has 80 heavy (non-hydrogen) atoms. The molecule has 21 heteroatoms. The maximum absolute atomic E-state index is 12.6. The predicted octanol–water partition coefficient (Wildman–Crippen LogP) is 9.81. The number of pyridine rings is 4. The molecule has 4 aromatic heterocycles. The maximum Gasteiger partial charge on any atom is 0.495 e. The van der Waals surface area contributed by atoms with Crippen LogP contribution in [-0.2, 0) is 55.8 Å². The topological polar surface area (TPSA) is 195 Å². The van der Waals surface area contributed by atoms with Crippen LogP contribution in [0.5, 0.6) is 23.0 Å². The number of carbonyl (C=O) groups excluding carboxylic acids is 2. The van der Waals surface area contributed by atoms with Crippen molar-refractivity contribution in [1.29, 1.82) is 0 Å². The molecule has 1 saturated heterocycles. The van der Waals surface area contributed by atoms with Gasteiger partial charge in [-0.2, -0.15) is 6.92 Å². The van der Waals surface area contributed by atoms with Gasteiger partial charge in [0.25, 0.3) is 11.1 Å². The van der Waals surface area contributed by atoms with Crippen LogP contribution in [0.1, 0.15) is 113 Å². The average Bonchev–Trinajstić information content (AvgIpc) is 3.62. The van der Waals surface area contributed by atoms with Gasteiger partial charge in [0.2, 0.25) is 0 Å². The van der Waals surface area contributed by atoms with Crippen LogP contribution in [0.15, 0.2) is 87.5 Å². The second-order valence-electron chi connectivity index (χ2n) is 21.8. The molecule has 2 unspecified atom stereocenters. The van der Waals surface area contributed by atoms with E-state index < -0.39 is 29.5 Å². The number of hydrogen-bond acceptors (Lipinski definition) is 16. The molecule has 0 spiro atoms. The second kappa shape index (κ2) is 28.9. The van der Waals surface area contributed by atoms with Crippen LogP contribution < -0.4 is 35.5 Å². The summed E-state index contributed by atoms with van der Waals surface area (Å²) >= 11 is 3.33. The molecule has 18 nitrogen and oxygen atoms in total. The van der Waals surface area contributed by atoms with Crippen LogP contribution in [-0.4, -0.2) is 126 Å². The van der Waals surface area contributed by atoms with Gasteiger partial charge < -0.3 is 54.2 Å². The van der Waals surface area contributed by atoms with E-state index in [9.17, 15) is 19.2 Å². The number of nitrogens with one attached hydrogen (secondary N) is 1. The average molecular weight is 1260 g/mol. The molecule has 5 heterocycles. The summed E-state index contributed by atoms with van der Waals surface area (Å²) in [5, 5.41) is 2.23. The zero-order chi connectivity index (χ0) is 59.5. The standard InChI is InChI=1S/C26H33N3O5.C23H38BNO6.C8H5BrN2O.C2H5.Pd/c1-16(28(5)15-22(30)34-26(2,3)4)23-20(32-7)12-17(13-21(23)33-8)19-14-29(6)25(31)24-18(19)10-9-11-27-24;1-15(25(9)14-19(26)29-21(2,3)4)20-17(27-10)12-16(13-18(20)28-11)24-30-22(5,6)23(7,8)31-24;9-7-4-11-8(12)6-3-10-2-1-5(6)7;1-2;/h9-14,16H,15H2,1-8H3;12-13,15H,14H2,1-11H3;1-4H,(H,11,12);1H2,2H3;/q;;;-1;. The zero-order valence-electron chi connectivity index (χ0n) is 50.1. The van der Waals surface area contributed by atoms with Gasteiger partial charge in [-0.25, -0.2) is 0 Å². The number of rotatable bonds is 14. The van der Waals surface area contributed by atoms with Gasteiger partial charge in [-0.05, 0) is 161 Å². The number of hydrogen-bond donors (Lipinski definition) is 1. The number of ether oxygens (including phenoxy) is 6. The van der Waals surface area contributed by atoms with Gasteiger partial charge in [-0.1, -0.05) is 6.07 Å². The van der Waals surface area contributed by atoms with E-state index in [0.717, 1.165) is 43.0 Å². The first-order chi connectivity index (χ1) is 36.9. The summed E-state index contributed by atoms with van der Waals surface area (Å²) in [4.78, 5) is 63.0. The summed E-state index contributed by atoms with van der Waals surface area (Å²) in [6, 6.07) is 12.8. The quantitative estimate of drug-likeness (QED) is 0.0614. The number of benzene rings is 2. The number of aromatic amines is 1. The number of fused-ring (bicyclic) bond motifs is 2. The Morgan fingerprint density at radius 2 is 1.20 bits per heavy atom. The third kappa shape index (κ3) is 17.2. The van der Waals surface area contributed by atoms with Crippen LogP contribution in [0.2, 0.25) is 0 Å². The molecule has 1 aliphatic rings. The minimum atomic E-state index is -0.550. The molecule has 1 aliphatic heterocycles. The summed E-state index contributed by atoms with van der Waals surface area (Å²) in [5.74, 6) is 1.93. The third-order valence-electron chi connectivity index (χ3n) is 13.3. The zero-order valence-corrected chi connectivity index (χ0v) is 53.3. The molecule has 0 amide bonds. The molecule has 1 fully saturated rings. The van der Waals surface area contributed by atoms with Crippen molar-refractivity contribution in [3.05, 3.63) is 117 Å². The summed E-state index contributed by atoms with van der Waals surface area (Å²) in [7, 11) is 11.3. The van der Waals surface area contributed by atoms with Gasteiger partial charge in [-0.3, -0.25) is 38.9 Å². The van der Waals surface area contributed by atoms with Crippen LogP contribution in [0, 0.1) is 6.92 Å². The van der Waals surface area contributed by atoms with E-state index in [4.69, 9.17) is 37.7 Å². The maximum atomic E-state index is 12.6. The molecule has 0 bridgehead atoms. The number of aryl methyl sites for hydroxylation is 1. The fraction of sp³-hybridized carbons (Fsp3) is 0.475. The molecule has 7 rings (SSSR count). The van der Waals surface area contributed by atoms with Gasteiger partial charge in [0.1, 0.15) is 39.7 Å². The monoisotopic (exact) mass is 1260 g/mol. The Labute approximate surface area is 494 Å². The van der Waals surface area contributed by atoms with Crippen molar-refractivity contribution in [3.63, 3.8) is 0 Å². The SMILES string of the molecule is COc1cc(-c2cn(C)c(=O)c3ncccc23)cc(OC)c1C(C)N(C)CC(=O)OC(C)(C)C.COc1cc(B2OC(C)(C)C(C)(C)O2)cc(OC)c1C(C)N(C)CC(=O)OC(C)(C)C.O=c1[nH]cc(Br)c2ccncc12.[CH2-]C.[Pd]. The number of carbonyl (C=O) groups is 2. The summed E-state index contributed by atoms with van der Waals surface area (Å²) in [6.45, 7) is 28.4. The largest absolute Gasteiger partial charge is 0.496 e. The van der Waals surface area contributed by atoms with Gasteiger partial charge in [0.05, 0.1) is 69.2 Å². The van der Waals surface area contributed by atoms with Gasteiger partial charge in [0.15, 0.2) is 0 Å². The van der Waals surface area contributed by atoms with E-state index in [-0.39, 0.29) is 68.7 Å². The Balaban J connectivity index is 0.000000336. The first-order valence-corrected chi connectivity index (χ1v) is 26.6. The first-order valence-electron chi connectivity index (χ1n) is 25.8. The smallest absolute Gasteiger partial charge is 0.495 e. The Morgan fingerprint density at radius 1 is 0.750 bits per heavy atom. The minimum absolute atomic E-state index is 0. The number of aromatic nitrogens is 4. The van der Waals surface area contributed by atoms with E-state index in [1.165, 1.54) is 4.57 Å². The Kier molecular flexibility index (Phi) is 24.7. The molecule has 2 atom stereocenters. The molecule has 440 valence electrons. The van der Waals surface area contributed by atoms with Crippen LogP contribution in [0.3, 0.4) is 0 Å². The van der Waals surface area contributed by atoms with Crippen molar-refractivity contribution in [3.8, 4) is 34.1 Å². The fourth-order valence-corrected chi connectivity index (χ4v) is 8.90. The van der Waals surface area contributed by atoms with Gasteiger partial charge >= 0.3 is 19.1 Å². The van der Waals surface area contributed by atoms with Gasteiger partial charge in [0, 0.05) is 91.3 Å². The van der Waals surface area contributed by atoms with E-state index in [0.29, 0.717) is 33.9 Å². The van der Waals surface area contributed by atoms with E-state index in [1.807, 2.05) is 143 Å². The Bertz CT molecular complexity index is 3130. The summed E-state index contributed by atoms with van der Waals surface area (Å²) in [6.07, 6.45) is 8.24. The molecular weight excluding hydrogens is 1180 g/mol. The van der Waals surface area contributed by atoms with Crippen molar-refractivity contribution in [2.75, 3.05) is 55.6 Å². The van der Waals surface area contributed by atoms with Crippen LogP contribution in [0.25, 0.3) is 32.8 Å². The molecule has 1 N–H and O–H groups in total. The molecule has 2 aromatic carbocycles. The number of nitrogens with zero attached hydrogens (tertiary/aromatic N) is 5. The van der Waals surface area contributed by atoms with E-state index >= 15 is 0 Å². The van der Waals surface area contributed by atoms with E-state index in [2.05, 4.69) is 37.8 Å². The van der Waals surface area contributed by atoms with Crippen molar-refractivity contribution in [2.45, 2.75) is 124 Å². The normalized spacial score (nSPS) is 14.3. The Hall–Kier alpha value is -5.65. The molecular formula is C59H81BBrN6O12Pd-. The number of esters is 2. The number of H-pyrrole nitrogens is 1. The number of halogens is 1. The van der Waals surface area contributed by atoms with Gasteiger partial charge in [-0.15, -0.1) is 0 Å². The molecule has 0 radical (unpaired) electrons. The first kappa shape index (κ1) is 68.6. The third-order valence-corrected chi connectivity index (χ3v) is 14.0. The predicted molar refractivity (Wildman–Crippen MR) is 316 cm³/mol. The van der Waals surface area contributed by atoms with E-state index in [1.54, 1.807) is 79.5 Å². The summed E-state index contributed by atoms with van der Waals surface area (Å²) < 4.78 is 48.7. The van der Waals surface area contributed by atoms with Crippen molar-refractivity contribution < 1.29 is 67.7 Å². The fourth-order valence-electron chi connectivity index (χ4n) is 8.44. The number of likely N-dealkylation sites (N-methyl/N-ethyl adjacent to an activating group) is 2. The van der Waals surface area contributed by atoms with Crippen LogP contribution >= 0.6 is 15.9 Å². The molecule has 0 aliphatic carbocycles. The van der Waals surface area contributed by atoms with Crippen molar-refractivity contribution >= 4 is 62.1 Å². The summed E-state index contributed by atoms with van der Waals surface area (Å²) in [5.41, 5.74) is 2.29. The Morgan fingerprint density at radius 3 is 1.62 bits per heavy atom. The second-order valence-corrected chi connectivity index (χ2v) is 22.7. The molecule has 0 saturated carbocycles.